The molecule has 320 valence electrons. The summed E-state index contributed by atoms with van der Waals surface area (Å²) in [5, 5.41) is 4.75. The van der Waals surface area contributed by atoms with Crippen molar-refractivity contribution in [1.82, 2.24) is 0 Å². The first-order valence-electron chi connectivity index (χ1n) is 24.0. The highest BCUT2D eigenvalue weighted by atomic mass is 16.3. The van der Waals surface area contributed by atoms with Crippen LogP contribution in [0.25, 0.3) is 66.1 Å². The first-order chi connectivity index (χ1) is 33.2. The monoisotopic (exact) mass is 859 g/mol. The standard InChI is InChI=1S/C65H49NO/c1-3-18-44(19-4-1)48-38-41-62-57(42-48)64-61(34-17-35-63(64)67-62)66(60-33-14-11-27-54(60)46-20-5-2-6-21-46)51-25-16-24-50(43-51)65(58-31-12-9-28-55(58)56-29-10-13-32-59(56)65)49-39-36-47(37-40-49)53-30-15-23-45-22-7-8-26-52(45)53/h1,3-4,7-19,22-43,46H,2,5-6,20-21H2. The Morgan fingerprint density at radius 1 is 0.403 bits per heavy atom. The maximum absolute atomic E-state index is 6.75. The number of hydrogen-bond donors (Lipinski definition) is 0. The summed E-state index contributed by atoms with van der Waals surface area (Å²) in [4.78, 5) is 2.56. The summed E-state index contributed by atoms with van der Waals surface area (Å²) >= 11 is 0. The van der Waals surface area contributed by atoms with Crippen LogP contribution in [0.15, 0.2) is 235 Å². The van der Waals surface area contributed by atoms with Crippen LogP contribution in [0.4, 0.5) is 17.1 Å². The molecule has 2 aliphatic rings. The average molecular weight is 860 g/mol. The predicted octanol–water partition coefficient (Wildman–Crippen LogP) is 18.0. The van der Waals surface area contributed by atoms with Crippen LogP contribution < -0.4 is 4.90 Å². The molecule has 11 aromatic rings. The van der Waals surface area contributed by atoms with E-state index < -0.39 is 5.41 Å². The summed E-state index contributed by atoms with van der Waals surface area (Å²) in [6.07, 6.45) is 6.24. The summed E-state index contributed by atoms with van der Waals surface area (Å²) in [7, 11) is 0. The third-order valence-electron chi connectivity index (χ3n) is 15.0. The van der Waals surface area contributed by atoms with Gasteiger partial charge in [0.25, 0.3) is 0 Å². The van der Waals surface area contributed by atoms with E-state index in [4.69, 9.17) is 4.42 Å². The molecule has 1 aromatic heterocycles. The minimum Gasteiger partial charge on any atom is -0.456 e. The number of nitrogens with zero attached hydrogens (tertiary/aromatic N) is 1. The molecule has 0 aliphatic heterocycles. The van der Waals surface area contributed by atoms with E-state index in [0.717, 1.165) is 33.3 Å². The molecule has 13 rings (SSSR count). The van der Waals surface area contributed by atoms with Crippen LogP contribution in [0.5, 0.6) is 0 Å². The maximum atomic E-state index is 6.75. The highest BCUT2D eigenvalue weighted by Gasteiger charge is 2.46. The van der Waals surface area contributed by atoms with Crippen molar-refractivity contribution >= 4 is 49.8 Å². The molecule has 2 nitrogen and oxygen atoms in total. The molecule has 67 heavy (non-hydrogen) atoms. The van der Waals surface area contributed by atoms with Crippen molar-refractivity contribution in [2.75, 3.05) is 4.90 Å². The number of hydrogen-bond acceptors (Lipinski definition) is 2. The topological polar surface area (TPSA) is 16.4 Å². The van der Waals surface area contributed by atoms with Gasteiger partial charge in [-0.25, -0.2) is 0 Å². The lowest BCUT2D eigenvalue weighted by atomic mass is 9.67. The van der Waals surface area contributed by atoms with Crippen LogP contribution in [0.3, 0.4) is 0 Å². The van der Waals surface area contributed by atoms with Gasteiger partial charge >= 0.3 is 0 Å². The highest BCUT2D eigenvalue weighted by Crippen LogP contribution is 2.57. The Morgan fingerprint density at radius 3 is 1.87 bits per heavy atom. The molecule has 0 spiro atoms. The SMILES string of the molecule is c1ccc(-c2ccc3oc4cccc(N(c5cccc(C6(c7ccc(-c8cccc9ccccc89)cc7)c7ccccc7-c7ccccc76)c5)c5ccccc5C5CCCCC5)c4c3c2)cc1. The molecule has 2 heteroatoms. The average Bonchev–Trinajstić information content (AvgIpc) is 3.93. The Morgan fingerprint density at radius 2 is 1.04 bits per heavy atom. The van der Waals surface area contributed by atoms with Crippen molar-refractivity contribution in [2.45, 2.75) is 43.4 Å². The minimum atomic E-state index is -0.589. The number of rotatable bonds is 8. The fourth-order valence-electron chi connectivity index (χ4n) is 11.9. The third kappa shape index (κ3) is 6.38. The van der Waals surface area contributed by atoms with Gasteiger partial charge in [0.05, 0.1) is 16.5 Å². The van der Waals surface area contributed by atoms with Crippen molar-refractivity contribution < 1.29 is 4.42 Å². The van der Waals surface area contributed by atoms with E-state index in [2.05, 4.69) is 235 Å². The van der Waals surface area contributed by atoms with E-state index in [0.29, 0.717) is 5.92 Å². The predicted molar refractivity (Wildman–Crippen MR) is 280 cm³/mol. The van der Waals surface area contributed by atoms with Crippen molar-refractivity contribution in [1.29, 1.82) is 0 Å². The first kappa shape index (κ1) is 39.4. The van der Waals surface area contributed by atoms with Crippen LogP contribution in [-0.2, 0) is 5.41 Å². The second kappa shape index (κ2) is 16.2. The molecule has 0 unspecified atom stereocenters. The normalized spacial score (nSPS) is 14.3. The zero-order chi connectivity index (χ0) is 44.3. The number of benzene rings is 10. The molecule has 0 amide bonds. The molecular weight excluding hydrogens is 811 g/mol. The number of fused-ring (bicyclic) bond motifs is 7. The molecular formula is C65H49NO. The van der Waals surface area contributed by atoms with Gasteiger partial charge in [-0.1, -0.05) is 207 Å². The summed E-state index contributed by atoms with van der Waals surface area (Å²) in [6, 6.07) is 85.6. The molecule has 0 radical (unpaired) electrons. The van der Waals surface area contributed by atoms with Crippen molar-refractivity contribution in [3.8, 4) is 33.4 Å². The second-order valence-corrected chi connectivity index (χ2v) is 18.6. The molecule has 2 aliphatic carbocycles. The van der Waals surface area contributed by atoms with Gasteiger partial charge in [-0.05, 0) is 133 Å². The van der Waals surface area contributed by atoms with Crippen LogP contribution in [-0.4, -0.2) is 0 Å². The van der Waals surface area contributed by atoms with Crippen molar-refractivity contribution in [3.63, 3.8) is 0 Å². The van der Waals surface area contributed by atoms with E-state index in [1.165, 1.54) is 110 Å². The molecule has 0 atom stereocenters. The van der Waals surface area contributed by atoms with Gasteiger partial charge in [-0.15, -0.1) is 0 Å². The van der Waals surface area contributed by atoms with Crippen LogP contribution in [0.1, 0.15) is 65.8 Å². The van der Waals surface area contributed by atoms with Gasteiger partial charge in [-0.3, -0.25) is 0 Å². The molecule has 1 saturated carbocycles. The van der Waals surface area contributed by atoms with E-state index >= 15 is 0 Å². The Hall–Kier alpha value is -7.94. The van der Waals surface area contributed by atoms with Gasteiger partial charge in [0, 0.05) is 16.8 Å². The van der Waals surface area contributed by atoms with Crippen molar-refractivity contribution in [2.24, 2.45) is 0 Å². The van der Waals surface area contributed by atoms with Gasteiger partial charge in [0.2, 0.25) is 0 Å². The quantitative estimate of drug-likeness (QED) is 0.151. The lowest BCUT2D eigenvalue weighted by molar-refractivity contribution is 0.444. The first-order valence-corrected chi connectivity index (χ1v) is 24.0. The van der Waals surface area contributed by atoms with Gasteiger partial charge in [0.1, 0.15) is 11.2 Å². The Bertz CT molecular complexity index is 3580. The Kier molecular flexibility index (Phi) is 9.53. The van der Waals surface area contributed by atoms with E-state index in [1.54, 1.807) is 0 Å². The van der Waals surface area contributed by atoms with E-state index in [-0.39, 0.29) is 0 Å². The minimum absolute atomic E-state index is 0.487. The van der Waals surface area contributed by atoms with Gasteiger partial charge in [-0.2, -0.15) is 0 Å². The lowest BCUT2D eigenvalue weighted by Gasteiger charge is -2.36. The number of para-hydroxylation sites is 1. The number of furan rings is 1. The molecule has 1 heterocycles. The van der Waals surface area contributed by atoms with Gasteiger partial charge in [0.15, 0.2) is 0 Å². The second-order valence-electron chi connectivity index (χ2n) is 18.6. The lowest BCUT2D eigenvalue weighted by Crippen LogP contribution is -2.29. The van der Waals surface area contributed by atoms with Crippen LogP contribution in [0, 0.1) is 0 Å². The Labute approximate surface area is 392 Å². The van der Waals surface area contributed by atoms with Crippen molar-refractivity contribution in [3.05, 3.63) is 258 Å². The highest BCUT2D eigenvalue weighted by molar-refractivity contribution is 6.14. The summed E-state index contributed by atoms with van der Waals surface area (Å²) in [5.74, 6) is 0.487. The molecule has 0 saturated heterocycles. The largest absolute Gasteiger partial charge is 0.456 e. The Balaban J connectivity index is 1.06. The third-order valence-corrected chi connectivity index (χ3v) is 15.0. The maximum Gasteiger partial charge on any atom is 0.137 e. The van der Waals surface area contributed by atoms with E-state index in [1.807, 2.05) is 0 Å². The molecule has 1 fully saturated rings. The van der Waals surface area contributed by atoms with Crippen LogP contribution in [0.2, 0.25) is 0 Å². The summed E-state index contributed by atoms with van der Waals surface area (Å²) < 4.78 is 6.75. The zero-order valence-corrected chi connectivity index (χ0v) is 37.4. The van der Waals surface area contributed by atoms with Crippen LogP contribution >= 0.6 is 0 Å². The molecule has 10 aromatic carbocycles. The zero-order valence-electron chi connectivity index (χ0n) is 37.4. The molecule has 0 N–H and O–H groups in total. The fourth-order valence-corrected chi connectivity index (χ4v) is 11.9. The molecule has 0 bridgehead atoms. The fraction of sp³-hybridized carbons (Fsp3) is 0.108. The van der Waals surface area contributed by atoms with E-state index in [9.17, 15) is 0 Å². The van der Waals surface area contributed by atoms with Gasteiger partial charge < -0.3 is 9.32 Å². The smallest absolute Gasteiger partial charge is 0.137 e. The number of anilines is 3. The summed E-state index contributed by atoms with van der Waals surface area (Å²) in [5.41, 5.74) is 18.5. The summed E-state index contributed by atoms with van der Waals surface area (Å²) in [6.45, 7) is 0.